The van der Waals surface area contributed by atoms with Gasteiger partial charge in [-0.3, -0.25) is 14.4 Å². The van der Waals surface area contributed by atoms with Gasteiger partial charge in [-0.25, -0.2) is 4.90 Å². The SMILES string of the molecule is C=C1c2cc(-c3ccc4c(c3)C(=O)N(c3ccc(Cc5ccc(C(C)(C)c6ccc(-c7ccc(C)cc7)cc6)cc5)cc3)C4=O)ccc2C(=O)N1C. The van der Waals surface area contributed by atoms with Crippen LogP contribution in [0, 0.1) is 6.92 Å². The lowest BCUT2D eigenvalue weighted by atomic mass is 9.77. The molecule has 2 aliphatic rings. The fraction of sp³-hybridized carbons (Fsp3) is 0.128. The highest BCUT2D eigenvalue weighted by atomic mass is 16.2. The number of hydrogen-bond acceptors (Lipinski definition) is 3. The van der Waals surface area contributed by atoms with Gasteiger partial charge in [-0.2, -0.15) is 0 Å². The summed E-state index contributed by atoms with van der Waals surface area (Å²) in [6.07, 6.45) is 0.728. The summed E-state index contributed by atoms with van der Waals surface area (Å²) in [5, 5.41) is 0. The molecule has 0 atom stereocenters. The Bertz CT molecular complexity index is 2420. The molecule has 0 unspecified atom stereocenters. The quantitative estimate of drug-likeness (QED) is 0.158. The standard InChI is InChI=1S/C47H38N2O3/c1-29-6-12-33(13-7-29)34-14-20-38(21-15-34)47(3,4)37-18-8-31(9-19-37)26-32-10-22-39(23-11-32)49-45(51)41-25-17-36(28-43(41)46(49)52)35-16-24-40-42(27-35)30(2)48(5)44(40)50/h6-25,27-28H,2,26H2,1,3-5H3. The molecule has 3 amide bonds. The highest BCUT2D eigenvalue weighted by Gasteiger charge is 2.37. The minimum atomic E-state index is -0.349. The van der Waals surface area contributed by atoms with Crippen molar-refractivity contribution in [2.75, 3.05) is 11.9 Å². The Morgan fingerprint density at radius 2 is 0.962 bits per heavy atom. The smallest absolute Gasteiger partial charge is 0.266 e. The van der Waals surface area contributed by atoms with Crippen LogP contribution >= 0.6 is 0 Å². The summed E-state index contributed by atoms with van der Waals surface area (Å²) in [7, 11) is 1.71. The minimum absolute atomic E-state index is 0.0862. The van der Waals surface area contributed by atoms with Crippen LogP contribution in [0.25, 0.3) is 28.0 Å². The molecule has 0 spiro atoms. The molecule has 6 aromatic rings. The molecule has 0 radical (unpaired) electrons. The van der Waals surface area contributed by atoms with E-state index in [4.69, 9.17) is 0 Å². The summed E-state index contributed by atoms with van der Waals surface area (Å²) in [6.45, 7) is 10.7. The number of carbonyl (C=O) groups excluding carboxylic acids is 3. The predicted octanol–water partition coefficient (Wildman–Crippen LogP) is 10.1. The van der Waals surface area contributed by atoms with Crippen LogP contribution in [-0.4, -0.2) is 29.7 Å². The van der Waals surface area contributed by atoms with Gasteiger partial charge >= 0.3 is 0 Å². The summed E-state index contributed by atoms with van der Waals surface area (Å²) in [5.41, 5.74) is 13.2. The van der Waals surface area contributed by atoms with E-state index in [1.807, 2.05) is 42.5 Å². The van der Waals surface area contributed by atoms with Crippen LogP contribution < -0.4 is 4.90 Å². The first kappa shape index (κ1) is 32.9. The number of rotatable bonds is 7. The first-order valence-electron chi connectivity index (χ1n) is 17.5. The molecule has 2 aliphatic heterocycles. The van der Waals surface area contributed by atoms with Crippen molar-refractivity contribution in [1.82, 2.24) is 4.90 Å². The summed E-state index contributed by atoms with van der Waals surface area (Å²) in [4.78, 5) is 42.4. The van der Waals surface area contributed by atoms with Crippen molar-refractivity contribution >= 4 is 29.1 Å². The Morgan fingerprint density at radius 1 is 0.519 bits per heavy atom. The molecule has 0 N–H and O–H groups in total. The lowest BCUT2D eigenvalue weighted by Gasteiger charge is -2.26. The number of benzene rings is 6. The average molecular weight is 679 g/mol. The fourth-order valence-corrected chi connectivity index (χ4v) is 7.32. The lowest BCUT2D eigenvalue weighted by molar-refractivity contribution is 0.0872. The van der Waals surface area contributed by atoms with E-state index in [0.29, 0.717) is 28.1 Å². The van der Waals surface area contributed by atoms with Gasteiger partial charge in [-0.15, -0.1) is 0 Å². The molecule has 8 rings (SSSR count). The van der Waals surface area contributed by atoms with Crippen molar-refractivity contribution in [3.05, 3.63) is 190 Å². The second-order valence-corrected chi connectivity index (χ2v) is 14.4. The first-order chi connectivity index (χ1) is 25.0. The van der Waals surface area contributed by atoms with Gasteiger partial charge in [0.2, 0.25) is 0 Å². The van der Waals surface area contributed by atoms with Gasteiger partial charge in [-0.05, 0) is 94.3 Å². The average Bonchev–Trinajstić information content (AvgIpc) is 3.54. The van der Waals surface area contributed by atoms with Crippen LogP contribution in [0.4, 0.5) is 5.69 Å². The molecule has 0 aliphatic carbocycles. The Kier molecular flexibility index (Phi) is 7.87. The van der Waals surface area contributed by atoms with Crippen molar-refractivity contribution in [3.8, 4) is 22.3 Å². The van der Waals surface area contributed by atoms with Crippen LogP contribution in [-0.2, 0) is 11.8 Å². The van der Waals surface area contributed by atoms with Gasteiger partial charge in [0.15, 0.2) is 0 Å². The van der Waals surface area contributed by atoms with E-state index in [1.165, 1.54) is 43.2 Å². The fourth-order valence-electron chi connectivity index (χ4n) is 7.32. The Balaban J connectivity index is 0.952. The minimum Gasteiger partial charge on any atom is -0.311 e. The van der Waals surface area contributed by atoms with E-state index in [0.717, 1.165) is 28.7 Å². The lowest BCUT2D eigenvalue weighted by Crippen LogP contribution is -2.29. The van der Waals surface area contributed by atoms with E-state index in [1.54, 1.807) is 25.2 Å². The Morgan fingerprint density at radius 3 is 1.54 bits per heavy atom. The van der Waals surface area contributed by atoms with E-state index >= 15 is 0 Å². The van der Waals surface area contributed by atoms with Crippen molar-refractivity contribution in [2.45, 2.75) is 32.6 Å². The molecule has 0 saturated carbocycles. The van der Waals surface area contributed by atoms with Crippen LogP contribution in [0.1, 0.15) is 78.3 Å². The van der Waals surface area contributed by atoms with E-state index < -0.39 is 0 Å². The Labute approximate surface area is 304 Å². The molecule has 52 heavy (non-hydrogen) atoms. The molecule has 0 saturated heterocycles. The van der Waals surface area contributed by atoms with E-state index in [9.17, 15) is 14.4 Å². The van der Waals surface area contributed by atoms with Crippen molar-refractivity contribution in [1.29, 1.82) is 0 Å². The number of hydrogen-bond donors (Lipinski definition) is 0. The van der Waals surface area contributed by atoms with E-state index in [-0.39, 0.29) is 23.1 Å². The van der Waals surface area contributed by atoms with Gasteiger partial charge in [0, 0.05) is 29.3 Å². The van der Waals surface area contributed by atoms with Gasteiger partial charge in [0.25, 0.3) is 17.7 Å². The number of carbonyl (C=O) groups is 3. The molecule has 254 valence electrons. The molecule has 6 aromatic carbocycles. The molecule has 5 nitrogen and oxygen atoms in total. The molecular formula is C47H38N2O3. The number of imide groups is 1. The third-order valence-electron chi connectivity index (χ3n) is 10.8. The zero-order valence-electron chi connectivity index (χ0n) is 29.7. The summed E-state index contributed by atoms with van der Waals surface area (Å²) < 4.78 is 0. The summed E-state index contributed by atoms with van der Waals surface area (Å²) in [5.74, 6) is -0.771. The van der Waals surface area contributed by atoms with Gasteiger partial charge < -0.3 is 4.90 Å². The summed E-state index contributed by atoms with van der Waals surface area (Å²) >= 11 is 0. The largest absolute Gasteiger partial charge is 0.311 e. The topological polar surface area (TPSA) is 57.7 Å². The number of fused-ring (bicyclic) bond motifs is 2. The van der Waals surface area contributed by atoms with Crippen LogP contribution in [0.5, 0.6) is 0 Å². The van der Waals surface area contributed by atoms with Gasteiger partial charge in [-0.1, -0.05) is 123 Å². The monoisotopic (exact) mass is 678 g/mol. The summed E-state index contributed by atoms with van der Waals surface area (Å²) in [6, 6.07) is 44.8. The highest BCUT2D eigenvalue weighted by molar-refractivity contribution is 6.34. The van der Waals surface area contributed by atoms with Crippen molar-refractivity contribution < 1.29 is 14.4 Å². The molecular weight excluding hydrogens is 641 g/mol. The number of aryl methyl sites for hydroxylation is 1. The van der Waals surface area contributed by atoms with Crippen LogP contribution in [0.2, 0.25) is 0 Å². The van der Waals surface area contributed by atoms with Crippen molar-refractivity contribution in [3.63, 3.8) is 0 Å². The van der Waals surface area contributed by atoms with Gasteiger partial charge in [0.1, 0.15) is 0 Å². The maximum absolute atomic E-state index is 13.6. The molecule has 0 fully saturated rings. The second kappa shape index (κ2) is 12.5. The van der Waals surface area contributed by atoms with Crippen LogP contribution in [0.15, 0.2) is 140 Å². The van der Waals surface area contributed by atoms with Crippen LogP contribution in [0.3, 0.4) is 0 Å². The first-order valence-corrected chi connectivity index (χ1v) is 17.5. The second-order valence-electron chi connectivity index (χ2n) is 14.4. The third kappa shape index (κ3) is 5.55. The molecule has 2 heterocycles. The zero-order valence-corrected chi connectivity index (χ0v) is 29.7. The third-order valence-corrected chi connectivity index (χ3v) is 10.8. The highest BCUT2D eigenvalue weighted by Crippen LogP contribution is 2.37. The Hall–Kier alpha value is -6.33. The maximum Gasteiger partial charge on any atom is 0.266 e. The maximum atomic E-state index is 13.6. The molecule has 0 bridgehead atoms. The van der Waals surface area contributed by atoms with Crippen molar-refractivity contribution in [2.24, 2.45) is 0 Å². The molecule has 5 heteroatoms. The molecule has 0 aromatic heterocycles. The predicted molar refractivity (Wildman–Crippen MR) is 209 cm³/mol. The van der Waals surface area contributed by atoms with Gasteiger partial charge in [0.05, 0.1) is 16.8 Å². The number of anilines is 1. The zero-order chi connectivity index (χ0) is 36.3. The number of nitrogens with zero attached hydrogens (tertiary/aromatic N) is 2. The normalized spacial score (nSPS) is 13.9. The number of amides is 3. The van der Waals surface area contributed by atoms with E-state index in [2.05, 4.69) is 100 Å².